The molecule has 4 nitrogen and oxygen atoms in total. The normalized spacial score (nSPS) is 11.3. The molecule has 0 aliphatic rings. The molecule has 1 N–H and O–H groups in total. The van der Waals surface area contributed by atoms with Crippen LogP contribution in [-0.2, 0) is 14.6 Å². The molecule has 0 atom stereocenters. The van der Waals surface area contributed by atoms with E-state index in [0.717, 1.165) is 21.2 Å². The quantitative estimate of drug-likeness (QED) is 0.754. The molecule has 0 heterocycles. The minimum atomic E-state index is -3.22. The van der Waals surface area contributed by atoms with Crippen LogP contribution in [0.1, 0.15) is 5.56 Å². The second-order valence-corrected chi connectivity index (χ2v) is 8.99. The van der Waals surface area contributed by atoms with Gasteiger partial charge in [0.2, 0.25) is 5.91 Å². The topological polar surface area (TPSA) is 63.2 Å². The van der Waals surface area contributed by atoms with Crippen molar-refractivity contribution in [1.82, 2.24) is 0 Å². The van der Waals surface area contributed by atoms with Gasteiger partial charge in [0.15, 0.2) is 9.84 Å². The number of nitrogens with one attached hydrogen (secondary N) is 1. The van der Waals surface area contributed by atoms with Gasteiger partial charge in [-0.1, -0.05) is 15.9 Å². The Morgan fingerprint density at radius 1 is 1.17 bits per heavy atom. The average molecular weight is 414 g/mol. The first kappa shape index (κ1) is 18.0. The Hall–Kier alpha value is -1.31. The van der Waals surface area contributed by atoms with Crippen LogP contribution >= 0.6 is 27.7 Å². The number of benzene rings is 2. The third kappa shape index (κ3) is 5.37. The molecule has 0 aliphatic carbocycles. The average Bonchev–Trinajstić information content (AvgIpc) is 2.46. The van der Waals surface area contributed by atoms with Gasteiger partial charge in [0.25, 0.3) is 0 Å². The van der Waals surface area contributed by atoms with E-state index in [2.05, 4.69) is 21.2 Å². The van der Waals surface area contributed by atoms with Gasteiger partial charge in [0.1, 0.15) is 0 Å². The first-order chi connectivity index (χ1) is 10.8. The summed E-state index contributed by atoms with van der Waals surface area (Å²) in [7, 11) is -3.22. The number of carbonyl (C=O) groups is 1. The van der Waals surface area contributed by atoms with Crippen LogP contribution in [0, 0.1) is 6.92 Å². The first-order valence-electron chi connectivity index (χ1n) is 6.74. The van der Waals surface area contributed by atoms with E-state index in [0.29, 0.717) is 5.69 Å². The standard InChI is InChI=1S/C16H16BrNO3S2/c1-11-9-12(17)3-8-15(11)22-10-16(19)18-13-4-6-14(7-5-13)23(2,20)21/h3-9H,10H2,1-2H3,(H,18,19). The van der Waals surface area contributed by atoms with Crippen molar-refractivity contribution in [3.05, 3.63) is 52.5 Å². The summed E-state index contributed by atoms with van der Waals surface area (Å²) in [4.78, 5) is 13.3. The number of hydrogen-bond acceptors (Lipinski definition) is 4. The molecule has 0 bridgehead atoms. The van der Waals surface area contributed by atoms with E-state index in [1.54, 1.807) is 12.1 Å². The van der Waals surface area contributed by atoms with Crippen molar-refractivity contribution in [2.45, 2.75) is 16.7 Å². The maximum absolute atomic E-state index is 12.0. The lowest BCUT2D eigenvalue weighted by Gasteiger charge is -2.08. The predicted octanol–water partition coefficient (Wildman–Crippen LogP) is 3.89. The minimum absolute atomic E-state index is 0.135. The van der Waals surface area contributed by atoms with Gasteiger partial charge >= 0.3 is 0 Å². The molecule has 2 rings (SSSR count). The van der Waals surface area contributed by atoms with Crippen molar-refractivity contribution in [2.24, 2.45) is 0 Å². The maximum atomic E-state index is 12.0. The summed E-state index contributed by atoms with van der Waals surface area (Å²) >= 11 is 4.87. The number of carbonyl (C=O) groups excluding carboxylic acids is 1. The molecule has 1 amide bonds. The van der Waals surface area contributed by atoms with Gasteiger partial charge in [-0.05, 0) is 55.0 Å². The van der Waals surface area contributed by atoms with Crippen molar-refractivity contribution in [1.29, 1.82) is 0 Å². The molecule has 0 spiro atoms. The molecule has 0 aliphatic heterocycles. The van der Waals surface area contributed by atoms with Gasteiger partial charge in [-0.3, -0.25) is 4.79 Å². The molecular weight excluding hydrogens is 398 g/mol. The number of sulfone groups is 1. The SMILES string of the molecule is Cc1cc(Br)ccc1SCC(=O)Nc1ccc(S(C)(=O)=O)cc1. The highest BCUT2D eigenvalue weighted by atomic mass is 79.9. The van der Waals surface area contributed by atoms with E-state index in [4.69, 9.17) is 0 Å². The largest absolute Gasteiger partial charge is 0.325 e. The molecule has 0 aromatic heterocycles. The van der Waals surface area contributed by atoms with E-state index < -0.39 is 9.84 Å². The number of amides is 1. The molecule has 2 aromatic carbocycles. The van der Waals surface area contributed by atoms with Crippen molar-refractivity contribution in [2.75, 3.05) is 17.3 Å². The Balaban J connectivity index is 1.94. The second-order valence-electron chi connectivity index (χ2n) is 5.04. The highest BCUT2D eigenvalue weighted by molar-refractivity contribution is 9.10. The summed E-state index contributed by atoms with van der Waals surface area (Å²) in [6, 6.07) is 12.1. The molecule has 0 fully saturated rings. The monoisotopic (exact) mass is 413 g/mol. The lowest BCUT2D eigenvalue weighted by Crippen LogP contribution is -2.14. The summed E-state index contributed by atoms with van der Waals surface area (Å²) in [5.41, 5.74) is 1.69. The number of aryl methyl sites for hydroxylation is 1. The van der Waals surface area contributed by atoms with E-state index in [1.165, 1.54) is 23.9 Å². The molecule has 23 heavy (non-hydrogen) atoms. The van der Waals surface area contributed by atoms with Crippen LogP contribution in [0.2, 0.25) is 0 Å². The minimum Gasteiger partial charge on any atom is -0.325 e. The Labute approximate surface area is 148 Å². The molecule has 0 saturated heterocycles. The van der Waals surface area contributed by atoms with E-state index in [9.17, 15) is 13.2 Å². The third-order valence-electron chi connectivity index (χ3n) is 3.06. The van der Waals surface area contributed by atoms with Gasteiger partial charge in [-0.2, -0.15) is 0 Å². The molecule has 0 unspecified atom stereocenters. The molecule has 2 aromatic rings. The Morgan fingerprint density at radius 2 is 1.83 bits per heavy atom. The van der Waals surface area contributed by atoms with Crippen LogP contribution in [0.3, 0.4) is 0 Å². The third-order valence-corrected chi connectivity index (χ3v) is 5.86. The number of thioether (sulfide) groups is 1. The molecular formula is C16H16BrNO3S2. The summed E-state index contributed by atoms with van der Waals surface area (Å²) < 4.78 is 23.8. The van der Waals surface area contributed by atoms with Crippen LogP contribution < -0.4 is 5.32 Å². The van der Waals surface area contributed by atoms with Gasteiger partial charge in [0.05, 0.1) is 10.6 Å². The van der Waals surface area contributed by atoms with Crippen LogP contribution in [-0.4, -0.2) is 26.3 Å². The van der Waals surface area contributed by atoms with Crippen molar-refractivity contribution in [3.8, 4) is 0 Å². The molecule has 122 valence electrons. The lowest BCUT2D eigenvalue weighted by atomic mass is 10.2. The number of hydrogen-bond donors (Lipinski definition) is 1. The summed E-state index contributed by atoms with van der Waals surface area (Å²) in [6.45, 7) is 1.99. The van der Waals surface area contributed by atoms with Crippen molar-refractivity contribution in [3.63, 3.8) is 0 Å². The number of anilines is 1. The fraction of sp³-hybridized carbons (Fsp3) is 0.188. The molecule has 7 heteroatoms. The molecule has 0 radical (unpaired) electrons. The van der Waals surface area contributed by atoms with E-state index >= 15 is 0 Å². The Morgan fingerprint density at radius 3 is 2.39 bits per heavy atom. The fourth-order valence-corrected chi connectivity index (χ4v) is 3.82. The summed E-state index contributed by atoms with van der Waals surface area (Å²) in [6.07, 6.45) is 1.15. The zero-order valence-electron chi connectivity index (χ0n) is 12.7. The lowest BCUT2D eigenvalue weighted by molar-refractivity contribution is -0.113. The van der Waals surface area contributed by atoms with E-state index in [1.807, 2.05) is 25.1 Å². The summed E-state index contributed by atoms with van der Waals surface area (Å²) in [5, 5.41) is 2.76. The highest BCUT2D eigenvalue weighted by Gasteiger charge is 2.08. The van der Waals surface area contributed by atoms with Crippen LogP contribution in [0.25, 0.3) is 0 Å². The zero-order chi connectivity index (χ0) is 17.0. The van der Waals surface area contributed by atoms with Crippen molar-refractivity contribution < 1.29 is 13.2 Å². The maximum Gasteiger partial charge on any atom is 0.234 e. The summed E-state index contributed by atoms with van der Waals surface area (Å²) in [5.74, 6) is 0.153. The Bertz CT molecular complexity index is 818. The zero-order valence-corrected chi connectivity index (χ0v) is 15.9. The van der Waals surface area contributed by atoms with Gasteiger partial charge in [-0.15, -0.1) is 11.8 Å². The highest BCUT2D eigenvalue weighted by Crippen LogP contribution is 2.25. The number of halogens is 1. The predicted molar refractivity (Wildman–Crippen MR) is 97.8 cm³/mol. The van der Waals surface area contributed by atoms with E-state index in [-0.39, 0.29) is 16.6 Å². The second kappa shape index (κ2) is 7.51. The van der Waals surface area contributed by atoms with Gasteiger partial charge in [0, 0.05) is 21.3 Å². The molecule has 0 saturated carbocycles. The van der Waals surface area contributed by atoms with Crippen LogP contribution in [0.15, 0.2) is 56.7 Å². The van der Waals surface area contributed by atoms with Gasteiger partial charge in [-0.25, -0.2) is 8.42 Å². The van der Waals surface area contributed by atoms with Crippen LogP contribution in [0.4, 0.5) is 5.69 Å². The Kier molecular flexibility index (Phi) is 5.89. The first-order valence-corrected chi connectivity index (χ1v) is 10.4. The smallest absolute Gasteiger partial charge is 0.234 e. The fourth-order valence-electron chi connectivity index (χ4n) is 1.90. The van der Waals surface area contributed by atoms with Crippen molar-refractivity contribution >= 4 is 49.1 Å². The number of rotatable bonds is 5. The van der Waals surface area contributed by atoms with Crippen LogP contribution in [0.5, 0.6) is 0 Å². The van der Waals surface area contributed by atoms with Gasteiger partial charge < -0.3 is 5.32 Å².